The summed E-state index contributed by atoms with van der Waals surface area (Å²) in [6, 6.07) is 7.85. The molecule has 0 aliphatic rings. The van der Waals surface area contributed by atoms with Crippen LogP contribution in [0.15, 0.2) is 24.3 Å². The molecule has 2 atom stereocenters. The molecule has 0 fully saturated rings. The molecule has 0 heterocycles. The van der Waals surface area contributed by atoms with Crippen LogP contribution in [0.5, 0.6) is 0 Å². The van der Waals surface area contributed by atoms with Crippen molar-refractivity contribution in [1.29, 1.82) is 5.26 Å². The Morgan fingerprint density at radius 1 is 1.56 bits per heavy atom. The quantitative estimate of drug-likeness (QED) is 0.655. The van der Waals surface area contributed by atoms with E-state index in [-0.39, 0.29) is 0 Å². The zero-order chi connectivity index (χ0) is 12.3. The normalized spacial score (nSPS) is 15.9. The molecule has 0 aliphatic heterocycles. The van der Waals surface area contributed by atoms with Gasteiger partial charge >= 0.3 is 0 Å². The number of rotatable bonds is 3. The van der Waals surface area contributed by atoms with E-state index >= 15 is 0 Å². The summed E-state index contributed by atoms with van der Waals surface area (Å²) in [4.78, 5) is 10.1. The number of nitrogens with zero attached hydrogens (tertiary/aromatic N) is 1. The van der Waals surface area contributed by atoms with E-state index in [1.54, 1.807) is 24.3 Å². The van der Waals surface area contributed by atoms with Crippen LogP contribution in [-0.4, -0.2) is 16.6 Å². The molecule has 1 rings (SSSR count). The van der Waals surface area contributed by atoms with Crippen LogP contribution in [0.3, 0.4) is 0 Å². The van der Waals surface area contributed by atoms with Crippen molar-refractivity contribution in [2.24, 2.45) is 5.73 Å². The fraction of sp³-hybridized carbons (Fsp3) is 0.200. The molecule has 0 radical (unpaired) electrons. The lowest BCUT2D eigenvalue weighted by Crippen LogP contribution is -2.45. The lowest BCUT2D eigenvalue weighted by molar-refractivity contribution is -0.131. The van der Waals surface area contributed by atoms with E-state index in [0.29, 0.717) is 10.6 Å². The van der Waals surface area contributed by atoms with Crippen LogP contribution >= 0.6 is 27.5 Å². The van der Waals surface area contributed by atoms with Crippen molar-refractivity contribution in [3.8, 4) is 6.07 Å². The number of benzene rings is 1. The Labute approximate surface area is 106 Å². The third kappa shape index (κ3) is 2.35. The lowest BCUT2D eigenvalue weighted by atomic mass is 9.95. The zero-order valence-electron chi connectivity index (χ0n) is 8.02. The van der Waals surface area contributed by atoms with Gasteiger partial charge in [0.1, 0.15) is 6.07 Å². The molecule has 0 saturated heterocycles. The van der Waals surface area contributed by atoms with Crippen molar-refractivity contribution >= 4 is 33.4 Å². The highest BCUT2D eigenvalue weighted by molar-refractivity contribution is 9.09. The van der Waals surface area contributed by atoms with Crippen molar-refractivity contribution in [3.63, 3.8) is 0 Å². The molecule has 6 heteroatoms. The lowest BCUT2D eigenvalue weighted by Gasteiger charge is -2.22. The van der Waals surface area contributed by atoms with Gasteiger partial charge in [-0.3, -0.25) is 4.79 Å². The number of nitrogens with two attached hydrogens (primary N) is 1. The van der Waals surface area contributed by atoms with E-state index in [0.717, 1.165) is 0 Å². The summed E-state index contributed by atoms with van der Waals surface area (Å²) in [5.74, 6) is -1.10. The van der Waals surface area contributed by atoms with Crippen LogP contribution < -0.4 is 5.73 Å². The molecule has 16 heavy (non-hydrogen) atoms. The summed E-state index contributed by atoms with van der Waals surface area (Å²) < 4.78 is 0. The van der Waals surface area contributed by atoms with Crippen LogP contribution in [-0.2, 0) is 4.79 Å². The minimum Gasteiger partial charge on any atom is -0.367 e. The summed E-state index contributed by atoms with van der Waals surface area (Å²) in [5, 5.41) is 19.1. The molecule has 4 nitrogen and oxygen atoms in total. The molecular weight excluding hydrogens is 295 g/mol. The maximum Gasteiger partial charge on any atom is 0.265 e. The summed E-state index contributed by atoms with van der Waals surface area (Å²) in [7, 11) is 0. The topological polar surface area (TPSA) is 87.1 Å². The monoisotopic (exact) mass is 302 g/mol. The number of hydrogen-bond acceptors (Lipinski definition) is 3. The second kappa shape index (κ2) is 4.83. The van der Waals surface area contributed by atoms with Gasteiger partial charge in [0, 0.05) is 5.02 Å². The molecule has 1 aromatic carbocycles. The Morgan fingerprint density at radius 2 is 2.06 bits per heavy atom. The van der Waals surface area contributed by atoms with E-state index in [4.69, 9.17) is 22.6 Å². The molecule has 0 unspecified atom stereocenters. The first kappa shape index (κ1) is 13.0. The predicted octanol–water partition coefficient (Wildman–Crippen LogP) is 1.52. The highest BCUT2D eigenvalue weighted by Gasteiger charge is 2.42. The summed E-state index contributed by atoms with van der Waals surface area (Å²) in [6.07, 6.45) is 0. The minimum atomic E-state index is -2.28. The van der Waals surface area contributed by atoms with Crippen molar-refractivity contribution in [3.05, 3.63) is 34.9 Å². The number of alkyl halides is 1. The van der Waals surface area contributed by atoms with Gasteiger partial charge < -0.3 is 10.8 Å². The van der Waals surface area contributed by atoms with E-state index < -0.39 is 16.3 Å². The summed E-state index contributed by atoms with van der Waals surface area (Å²) >= 11 is 8.77. The van der Waals surface area contributed by atoms with Gasteiger partial charge in [-0.25, -0.2) is 0 Å². The van der Waals surface area contributed by atoms with Crippen LogP contribution in [0.4, 0.5) is 0 Å². The first-order chi connectivity index (χ1) is 7.41. The molecule has 0 saturated carbocycles. The van der Waals surface area contributed by atoms with E-state index in [1.165, 1.54) is 6.07 Å². The highest BCUT2D eigenvalue weighted by Crippen LogP contribution is 2.34. The van der Waals surface area contributed by atoms with Gasteiger partial charge in [0.25, 0.3) is 5.91 Å². The smallest absolute Gasteiger partial charge is 0.265 e. The predicted molar refractivity (Wildman–Crippen MR) is 62.9 cm³/mol. The number of aliphatic hydroxyl groups is 1. The fourth-order valence-corrected chi connectivity index (χ4v) is 1.87. The Kier molecular flexibility index (Phi) is 3.92. The number of carbonyl (C=O) groups excluding carboxylic acids is 1. The first-order valence-electron chi connectivity index (χ1n) is 4.25. The average molecular weight is 304 g/mol. The third-order valence-electron chi connectivity index (χ3n) is 2.08. The van der Waals surface area contributed by atoms with Crippen molar-refractivity contribution in [2.75, 3.05) is 0 Å². The largest absolute Gasteiger partial charge is 0.367 e. The fourth-order valence-electron chi connectivity index (χ4n) is 1.11. The van der Waals surface area contributed by atoms with Gasteiger partial charge in [0.05, 0.1) is 4.83 Å². The highest BCUT2D eigenvalue weighted by atomic mass is 79.9. The molecule has 0 aliphatic carbocycles. The summed E-state index contributed by atoms with van der Waals surface area (Å²) in [5.41, 5.74) is 3.23. The standard InChI is InChI=1S/C10H8BrClN2O2/c11-8(10(16,5-13)9(14)15)6-1-3-7(12)4-2-6/h1-4,8,16H,(H2,14,15)/t8-,10-/m1/s1. The van der Waals surface area contributed by atoms with Crippen LogP contribution in [0.2, 0.25) is 5.02 Å². The second-order valence-electron chi connectivity index (χ2n) is 3.16. The molecule has 0 aromatic heterocycles. The molecule has 1 amide bonds. The van der Waals surface area contributed by atoms with Gasteiger partial charge in [-0.1, -0.05) is 39.7 Å². The first-order valence-corrected chi connectivity index (χ1v) is 5.54. The van der Waals surface area contributed by atoms with Gasteiger partial charge in [0.15, 0.2) is 0 Å². The van der Waals surface area contributed by atoms with Crippen molar-refractivity contribution < 1.29 is 9.90 Å². The minimum absolute atomic E-state index is 0.517. The van der Waals surface area contributed by atoms with Crippen molar-refractivity contribution in [1.82, 2.24) is 0 Å². The van der Waals surface area contributed by atoms with Crippen LogP contribution in [0.1, 0.15) is 10.4 Å². The number of halogens is 2. The van der Waals surface area contributed by atoms with Crippen LogP contribution in [0.25, 0.3) is 0 Å². The van der Waals surface area contributed by atoms with E-state index in [2.05, 4.69) is 15.9 Å². The van der Waals surface area contributed by atoms with Gasteiger partial charge in [0.2, 0.25) is 5.60 Å². The van der Waals surface area contributed by atoms with Gasteiger partial charge in [-0.15, -0.1) is 0 Å². The maximum absolute atomic E-state index is 11.0. The third-order valence-corrected chi connectivity index (χ3v) is 3.52. The van der Waals surface area contributed by atoms with Crippen molar-refractivity contribution in [2.45, 2.75) is 10.4 Å². The molecule has 0 bridgehead atoms. The number of primary amides is 1. The Hall–Kier alpha value is -1.09. The van der Waals surface area contributed by atoms with Gasteiger partial charge in [-0.2, -0.15) is 5.26 Å². The zero-order valence-corrected chi connectivity index (χ0v) is 10.4. The molecule has 84 valence electrons. The molecule has 1 aromatic rings. The average Bonchev–Trinajstić information content (AvgIpc) is 2.27. The Balaban J connectivity index is 3.11. The number of amides is 1. The van der Waals surface area contributed by atoms with E-state index in [1.807, 2.05) is 0 Å². The molecule has 3 N–H and O–H groups in total. The Morgan fingerprint density at radius 3 is 2.44 bits per heavy atom. The van der Waals surface area contributed by atoms with Crippen LogP contribution in [0, 0.1) is 11.3 Å². The number of carbonyl (C=O) groups is 1. The van der Waals surface area contributed by atoms with Gasteiger partial charge in [-0.05, 0) is 17.7 Å². The summed E-state index contributed by atoms with van der Waals surface area (Å²) in [6.45, 7) is 0. The molecular formula is C10H8BrClN2O2. The van der Waals surface area contributed by atoms with E-state index in [9.17, 15) is 9.90 Å². The SMILES string of the molecule is N#C[C@](O)(C(N)=O)[C@H](Br)c1ccc(Cl)cc1. The number of hydrogen-bond donors (Lipinski definition) is 2. The Bertz CT molecular complexity index is 443. The number of nitriles is 1. The second-order valence-corrected chi connectivity index (χ2v) is 4.51. The maximum atomic E-state index is 11.0. The molecule has 0 spiro atoms.